The monoisotopic (exact) mass is 265 g/mol. The van der Waals surface area contributed by atoms with Gasteiger partial charge in [-0.15, -0.1) is 10.2 Å². The van der Waals surface area contributed by atoms with Crippen molar-refractivity contribution in [2.24, 2.45) is 0 Å². The van der Waals surface area contributed by atoms with Crippen LogP contribution in [0.2, 0.25) is 0 Å². The third-order valence-corrected chi connectivity index (χ3v) is 2.83. The normalized spacial score (nSPS) is 10.3. The predicted octanol–water partition coefficient (Wildman–Crippen LogP) is 1.39. The molecule has 0 spiro atoms. The Morgan fingerprint density at radius 3 is 2.85 bits per heavy atom. The van der Waals surface area contributed by atoms with E-state index >= 15 is 0 Å². The fraction of sp³-hybridized carbons (Fsp3) is 0. The first-order valence-electron chi connectivity index (χ1n) is 5.65. The SMILES string of the molecule is N#Cc1nccn1-c1c(C(=O)O)nnc2ccccc12. The average Bonchev–Trinajstić information content (AvgIpc) is 2.93. The summed E-state index contributed by atoms with van der Waals surface area (Å²) in [6.07, 6.45) is 2.95. The molecule has 0 bridgehead atoms. The Kier molecular flexibility index (Phi) is 2.62. The molecule has 0 amide bonds. The van der Waals surface area contributed by atoms with Crippen LogP contribution in [0.1, 0.15) is 16.3 Å². The second kappa shape index (κ2) is 4.44. The van der Waals surface area contributed by atoms with Crippen molar-refractivity contribution >= 4 is 16.9 Å². The zero-order chi connectivity index (χ0) is 14.1. The number of imidazole rings is 1. The molecular weight excluding hydrogens is 258 g/mol. The first kappa shape index (κ1) is 11.8. The average molecular weight is 265 g/mol. The first-order chi connectivity index (χ1) is 9.72. The third kappa shape index (κ3) is 1.67. The zero-order valence-corrected chi connectivity index (χ0v) is 10.1. The lowest BCUT2D eigenvalue weighted by molar-refractivity contribution is 0.0689. The van der Waals surface area contributed by atoms with E-state index in [1.165, 1.54) is 17.0 Å². The predicted molar refractivity (Wildman–Crippen MR) is 68.3 cm³/mol. The molecule has 0 radical (unpaired) electrons. The van der Waals surface area contributed by atoms with Crippen molar-refractivity contribution in [1.29, 1.82) is 5.26 Å². The number of carbonyl (C=O) groups is 1. The van der Waals surface area contributed by atoms with E-state index in [1.807, 2.05) is 6.07 Å². The smallest absolute Gasteiger partial charge is 0.358 e. The van der Waals surface area contributed by atoms with E-state index in [2.05, 4.69) is 15.2 Å². The summed E-state index contributed by atoms with van der Waals surface area (Å²) < 4.78 is 1.40. The molecule has 0 aliphatic carbocycles. The van der Waals surface area contributed by atoms with Gasteiger partial charge >= 0.3 is 5.97 Å². The van der Waals surface area contributed by atoms with Crippen LogP contribution >= 0.6 is 0 Å². The lowest BCUT2D eigenvalue weighted by Gasteiger charge is -2.09. The van der Waals surface area contributed by atoms with Crippen LogP contribution < -0.4 is 0 Å². The van der Waals surface area contributed by atoms with E-state index in [-0.39, 0.29) is 17.2 Å². The van der Waals surface area contributed by atoms with Crippen LogP contribution in [0.5, 0.6) is 0 Å². The summed E-state index contributed by atoms with van der Waals surface area (Å²) in [6, 6.07) is 8.91. The highest BCUT2D eigenvalue weighted by Crippen LogP contribution is 2.24. The number of hydrogen-bond donors (Lipinski definition) is 1. The Labute approximate surface area is 112 Å². The minimum atomic E-state index is -1.21. The molecule has 7 nitrogen and oxygen atoms in total. The lowest BCUT2D eigenvalue weighted by Crippen LogP contribution is -2.11. The van der Waals surface area contributed by atoms with Crippen molar-refractivity contribution in [3.05, 3.63) is 48.2 Å². The van der Waals surface area contributed by atoms with Crippen LogP contribution in [0.25, 0.3) is 16.6 Å². The lowest BCUT2D eigenvalue weighted by atomic mass is 10.1. The van der Waals surface area contributed by atoms with E-state index in [4.69, 9.17) is 5.26 Å². The number of nitriles is 1. The molecule has 0 aliphatic rings. The van der Waals surface area contributed by atoms with E-state index in [1.54, 1.807) is 24.3 Å². The summed E-state index contributed by atoms with van der Waals surface area (Å²) in [4.78, 5) is 15.2. The fourth-order valence-electron chi connectivity index (χ4n) is 1.99. The maximum Gasteiger partial charge on any atom is 0.358 e. The summed E-state index contributed by atoms with van der Waals surface area (Å²) in [5, 5.41) is 26.5. The van der Waals surface area contributed by atoms with Crippen LogP contribution in [-0.4, -0.2) is 30.8 Å². The second-order valence-corrected chi connectivity index (χ2v) is 3.95. The standard InChI is InChI=1S/C13H7N5O2/c14-7-10-15-5-6-18(10)12-8-3-1-2-4-9(8)16-17-11(12)13(19)20/h1-6H,(H,19,20). The van der Waals surface area contributed by atoms with Crippen molar-refractivity contribution < 1.29 is 9.90 Å². The van der Waals surface area contributed by atoms with Crippen molar-refractivity contribution in [3.8, 4) is 11.8 Å². The van der Waals surface area contributed by atoms with E-state index in [9.17, 15) is 9.90 Å². The Balaban J connectivity index is 2.46. The summed E-state index contributed by atoms with van der Waals surface area (Å²) in [5.41, 5.74) is 0.612. The number of aromatic carboxylic acids is 1. The molecule has 0 fully saturated rings. The van der Waals surface area contributed by atoms with Crippen molar-refractivity contribution in [1.82, 2.24) is 19.7 Å². The number of benzene rings is 1. The summed E-state index contributed by atoms with van der Waals surface area (Å²) in [5.74, 6) is -1.12. The molecule has 0 atom stereocenters. The Hall–Kier alpha value is -3.27. The van der Waals surface area contributed by atoms with Gasteiger partial charge in [0.25, 0.3) is 0 Å². The Bertz CT molecular complexity index is 863. The molecular formula is C13H7N5O2. The minimum absolute atomic E-state index is 0.0886. The molecule has 3 aromatic rings. The van der Waals surface area contributed by atoms with Gasteiger partial charge in [0.05, 0.1) is 11.2 Å². The number of hydrogen-bond acceptors (Lipinski definition) is 5. The minimum Gasteiger partial charge on any atom is -0.476 e. The van der Waals surface area contributed by atoms with Gasteiger partial charge in [-0.2, -0.15) is 5.26 Å². The first-order valence-corrected chi connectivity index (χ1v) is 5.65. The highest BCUT2D eigenvalue weighted by molar-refractivity contribution is 5.98. The number of carboxylic acids is 1. The summed E-state index contributed by atoms with van der Waals surface area (Å²) in [6.45, 7) is 0. The van der Waals surface area contributed by atoms with Gasteiger partial charge in [-0.05, 0) is 6.07 Å². The van der Waals surface area contributed by atoms with Gasteiger partial charge in [0, 0.05) is 17.8 Å². The van der Waals surface area contributed by atoms with E-state index < -0.39 is 5.97 Å². The highest BCUT2D eigenvalue weighted by atomic mass is 16.4. The van der Waals surface area contributed by atoms with Crippen LogP contribution in [0.4, 0.5) is 0 Å². The zero-order valence-electron chi connectivity index (χ0n) is 10.1. The van der Waals surface area contributed by atoms with Gasteiger partial charge in [0.1, 0.15) is 6.07 Å². The Morgan fingerprint density at radius 1 is 1.30 bits per heavy atom. The molecule has 7 heteroatoms. The van der Waals surface area contributed by atoms with Crippen LogP contribution in [0, 0.1) is 11.3 Å². The van der Waals surface area contributed by atoms with Gasteiger partial charge < -0.3 is 5.11 Å². The molecule has 1 aromatic carbocycles. The van der Waals surface area contributed by atoms with Crippen molar-refractivity contribution in [2.45, 2.75) is 0 Å². The van der Waals surface area contributed by atoms with Gasteiger partial charge in [-0.3, -0.25) is 4.57 Å². The number of carboxylic acid groups (broad SMARTS) is 1. The van der Waals surface area contributed by atoms with Crippen molar-refractivity contribution in [3.63, 3.8) is 0 Å². The van der Waals surface area contributed by atoms with Crippen LogP contribution in [0.15, 0.2) is 36.7 Å². The van der Waals surface area contributed by atoms with Gasteiger partial charge in [0.15, 0.2) is 5.69 Å². The quantitative estimate of drug-likeness (QED) is 0.750. The van der Waals surface area contributed by atoms with E-state index in [0.717, 1.165) is 0 Å². The highest BCUT2D eigenvalue weighted by Gasteiger charge is 2.19. The maximum atomic E-state index is 11.3. The van der Waals surface area contributed by atoms with E-state index in [0.29, 0.717) is 10.9 Å². The fourth-order valence-corrected chi connectivity index (χ4v) is 1.99. The molecule has 96 valence electrons. The number of rotatable bonds is 2. The molecule has 0 saturated heterocycles. The molecule has 3 rings (SSSR count). The van der Waals surface area contributed by atoms with Crippen molar-refractivity contribution in [2.75, 3.05) is 0 Å². The largest absolute Gasteiger partial charge is 0.476 e. The van der Waals surface area contributed by atoms with Crippen LogP contribution in [0.3, 0.4) is 0 Å². The summed E-state index contributed by atoms with van der Waals surface area (Å²) >= 11 is 0. The van der Waals surface area contributed by atoms with Gasteiger partial charge in [-0.1, -0.05) is 18.2 Å². The molecule has 20 heavy (non-hydrogen) atoms. The molecule has 2 aromatic heterocycles. The van der Waals surface area contributed by atoms with Gasteiger partial charge in [-0.25, -0.2) is 9.78 Å². The molecule has 0 unspecified atom stereocenters. The van der Waals surface area contributed by atoms with Gasteiger partial charge in [0.2, 0.25) is 5.82 Å². The maximum absolute atomic E-state index is 11.3. The topological polar surface area (TPSA) is 105 Å². The molecule has 0 saturated carbocycles. The molecule has 1 N–H and O–H groups in total. The number of aromatic nitrogens is 4. The number of nitrogens with zero attached hydrogens (tertiary/aromatic N) is 5. The molecule has 2 heterocycles. The van der Waals surface area contributed by atoms with Crippen LogP contribution in [-0.2, 0) is 0 Å². The second-order valence-electron chi connectivity index (χ2n) is 3.95. The summed E-state index contributed by atoms with van der Waals surface area (Å²) in [7, 11) is 0. The Morgan fingerprint density at radius 2 is 2.10 bits per heavy atom. The number of fused-ring (bicyclic) bond motifs is 1. The molecule has 0 aliphatic heterocycles. The third-order valence-electron chi connectivity index (χ3n) is 2.83.